The van der Waals surface area contributed by atoms with Crippen LogP contribution in [0.4, 0.5) is 0 Å². The molecule has 98 valence electrons. The van der Waals surface area contributed by atoms with Crippen LogP contribution in [-0.4, -0.2) is 42.9 Å². The first-order valence-corrected chi connectivity index (χ1v) is 6.11. The van der Waals surface area contributed by atoms with Crippen molar-refractivity contribution in [2.75, 3.05) is 26.8 Å². The van der Waals surface area contributed by atoms with Crippen LogP contribution in [0.1, 0.15) is 18.9 Å². The minimum Gasteiger partial charge on any atom is -0.494 e. The van der Waals surface area contributed by atoms with Gasteiger partial charge in [-0.15, -0.1) is 0 Å². The predicted molar refractivity (Wildman–Crippen MR) is 70.4 cm³/mol. The van der Waals surface area contributed by atoms with Crippen LogP contribution in [0.15, 0.2) is 24.3 Å². The predicted octanol–water partition coefficient (Wildman–Crippen LogP) is 1.64. The van der Waals surface area contributed by atoms with Crippen LogP contribution >= 0.6 is 0 Å². The van der Waals surface area contributed by atoms with E-state index in [0.29, 0.717) is 12.2 Å². The standard InChI is InChI=1S/C14H20N2O2/c1-12(11-17)16(2)7-4-8-18-14-6-3-5-13(9-14)10-15/h3,5-6,9,12,17H,4,7-8,11H2,1-2H3. The van der Waals surface area contributed by atoms with Crippen molar-refractivity contribution in [3.8, 4) is 11.8 Å². The van der Waals surface area contributed by atoms with Crippen LogP contribution in [0.25, 0.3) is 0 Å². The van der Waals surface area contributed by atoms with Crippen molar-refractivity contribution in [3.63, 3.8) is 0 Å². The van der Waals surface area contributed by atoms with E-state index < -0.39 is 0 Å². The Bertz CT molecular complexity index is 401. The second-order valence-electron chi connectivity index (χ2n) is 4.35. The summed E-state index contributed by atoms with van der Waals surface area (Å²) in [6, 6.07) is 9.41. The lowest BCUT2D eigenvalue weighted by Crippen LogP contribution is -2.33. The molecule has 0 aliphatic rings. The molecule has 0 saturated heterocycles. The molecular formula is C14H20N2O2. The highest BCUT2D eigenvalue weighted by Crippen LogP contribution is 2.12. The zero-order valence-corrected chi connectivity index (χ0v) is 11.0. The molecule has 1 rings (SSSR count). The average molecular weight is 248 g/mol. The Morgan fingerprint density at radius 3 is 2.94 bits per heavy atom. The molecule has 0 fully saturated rings. The molecular weight excluding hydrogens is 228 g/mol. The zero-order chi connectivity index (χ0) is 13.4. The molecule has 1 N–H and O–H groups in total. The monoisotopic (exact) mass is 248 g/mol. The first-order valence-electron chi connectivity index (χ1n) is 6.11. The van der Waals surface area contributed by atoms with Crippen molar-refractivity contribution >= 4 is 0 Å². The van der Waals surface area contributed by atoms with Gasteiger partial charge in [-0.2, -0.15) is 5.26 Å². The molecule has 1 aromatic rings. The highest BCUT2D eigenvalue weighted by Gasteiger charge is 2.06. The summed E-state index contributed by atoms with van der Waals surface area (Å²) in [6.45, 7) is 3.63. The molecule has 0 amide bonds. The van der Waals surface area contributed by atoms with Gasteiger partial charge >= 0.3 is 0 Å². The number of benzene rings is 1. The molecule has 0 spiro atoms. The maximum Gasteiger partial charge on any atom is 0.120 e. The van der Waals surface area contributed by atoms with Gasteiger partial charge in [0.1, 0.15) is 5.75 Å². The lowest BCUT2D eigenvalue weighted by Gasteiger charge is -2.22. The highest BCUT2D eigenvalue weighted by atomic mass is 16.5. The van der Waals surface area contributed by atoms with E-state index in [2.05, 4.69) is 11.0 Å². The molecule has 0 aliphatic heterocycles. The molecule has 0 aliphatic carbocycles. The van der Waals surface area contributed by atoms with Crippen LogP contribution in [0.5, 0.6) is 5.75 Å². The van der Waals surface area contributed by atoms with Crippen molar-refractivity contribution in [1.29, 1.82) is 5.26 Å². The van der Waals surface area contributed by atoms with Gasteiger partial charge in [0.15, 0.2) is 0 Å². The van der Waals surface area contributed by atoms with Gasteiger partial charge in [-0.1, -0.05) is 6.07 Å². The first-order chi connectivity index (χ1) is 8.67. The van der Waals surface area contributed by atoms with E-state index >= 15 is 0 Å². The molecule has 0 aromatic heterocycles. The summed E-state index contributed by atoms with van der Waals surface area (Å²) in [7, 11) is 1.98. The number of nitriles is 1. The van der Waals surface area contributed by atoms with E-state index in [1.54, 1.807) is 12.1 Å². The number of hydrogen-bond acceptors (Lipinski definition) is 4. The normalized spacial score (nSPS) is 12.2. The maximum atomic E-state index is 8.99. The quantitative estimate of drug-likeness (QED) is 0.745. The third-order valence-electron chi connectivity index (χ3n) is 2.90. The highest BCUT2D eigenvalue weighted by molar-refractivity contribution is 5.36. The van der Waals surface area contributed by atoms with E-state index in [9.17, 15) is 0 Å². The Balaban J connectivity index is 2.27. The lowest BCUT2D eigenvalue weighted by atomic mass is 10.2. The number of ether oxygens (including phenoxy) is 1. The summed E-state index contributed by atoms with van der Waals surface area (Å²) in [5, 5.41) is 17.8. The largest absolute Gasteiger partial charge is 0.494 e. The Kier molecular flexibility index (Phi) is 6.20. The summed E-state index contributed by atoms with van der Waals surface area (Å²) in [5.74, 6) is 0.729. The summed E-state index contributed by atoms with van der Waals surface area (Å²) in [6.07, 6.45) is 0.887. The fourth-order valence-electron chi connectivity index (χ4n) is 1.52. The van der Waals surface area contributed by atoms with E-state index in [0.717, 1.165) is 18.7 Å². The van der Waals surface area contributed by atoms with Gasteiger partial charge in [0, 0.05) is 12.6 Å². The molecule has 1 aromatic carbocycles. The molecule has 0 heterocycles. The average Bonchev–Trinajstić information content (AvgIpc) is 2.42. The van der Waals surface area contributed by atoms with Crippen molar-refractivity contribution in [3.05, 3.63) is 29.8 Å². The summed E-state index contributed by atoms with van der Waals surface area (Å²) < 4.78 is 5.57. The van der Waals surface area contributed by atoms with Crippen molar-refractivity contribution in [2.24, 2.45) is 0 Å². The van der Waals surface area contributed by atoms with Crippen molar-refractivity contribution in [2.45, 2.75) is 19.4 Å². The number of rotatable bonds is 7. The van der Waals surface area contributed by atoms with Gasteiger partial charge < -0.3 is 14.7 Å². The van der Waals surface area contributed by atoms with Crippen LogP contribution in [0.2, 0.25) is 0 Å². The third-order valence-corrected chi connectivity index (χ3v) is 2.90. The number of aliphatic hydroxyl groups is 1. The minimum absolute atomic E-state index is 0.168. The fourth-order valence-corrected chi connectivity index (χ4v) is 1.52. The number of aliphatic hydroxyl groups excluding tert-OH is 1. The Morgan fingerprint density at radius 2 is 2.28 bits per heavy atom. The van der Waals surface area contributed by atoms with Gasteiger partial charge in [0.05, 0.1) is 24.8 Å². The Hall–Kier alpha value is -1.57. The molecule has 0 radical (unpaired) electrons. The molecule has 4 nitrogen and oxygen atoms in total. The van der Waals surface area contributed by atoms with Crippen LogP contribution in [0.3, 0.4) is 0 Å². The number of hydrogen-bond donors (Lipinski definition) is 1. The first kappa shape index (κ1) is 14.5. The van der Waals surface area contributed by atoms with Gasteiger partial charge in [-0.25, -0.2) is 0 Å². The van der Waals surface area contributed by atoms with Crippen molar-refractivity contribution < 1.29 is 9.84 Å². The minimum atomic E-state index is 0.168. The van der Waals surface area contributed by atoms with E-state index in [4.69, 9.17) is 15.1 Å². The van der Waals surface area contributed by atoms with Crippen LogP contribution in [-0.2, 0) is 0 Å². The Morgan fingerprint density at radius 1 is 1.50 bits per heavy atom. The SMILES string of the molecule is CC(CO)N(C)CCCOc1cccc(C#N)c1. The number of nitrogens with zero attached hydrogens (tertiary/aromatic N) is 2. The molecule has 0 bridgehead atoms. The second kappa shape index (κ2) is 7.70. The second-order valence-corrected chi connectivity index (χ2v) is 4.35. The summed E-state index contributed by atoms with van der Waals surface area (Å²) >= 11 is 0. The van der Waals surface area contributed by atoms with E-state index in [1.807, 2.05) is 26.1 Å². The Labute approximate surface area is 108 Å². The van der Waals surface area contributed by atoms with E-state index in [1.165, 1.54) is 0 Å². The van der Waals surface area contributed by atoms with Crippen LogP contribution < -0.4 is 4.74 Å². The summed E-state index contributed by atoms with van der Waals surface area (Å²) in [5.41, 5.74) is 0.610. The fraction of sp³-hybridized carbons (Fsp3) is 0.500. The van der Waals surface area contributed by atoms with Gasteiger partial charge in [0.25, 0.3) is 0 Å². The smallest absolute Gasteiger partial charge is 0.120 e. The lowest BCUT2D eigenvalue weighted by molar-refractivity contribution is 0.151. The zero-order valence-electron chi connectivity index (χ0n) is 11.0. The summed E-state index contributed by atoms with van der Waals surface area (Å²) in [4.78, 5) is 2.09. The molecule has 18 heavy (non-hydrogen) atoms. The topological polar surface area (TPSA) is 56.5 Å². The molecule has 1 atom stereocenters. The van der Waals surface area contributed by atoms with Crippen molar-refractivity contribution in [1.82, 2.24) is 4.90 Å². The van der Waals surface area contributed by atoms with Gasteiger partial charge in [0.2, 0.25) is 0 Å². The third kappa shape index (κ3) is 4.74. The van der Waals surface area contributed by atoms with Gasteiger partial charge in [-0.3, -0.25) is 0 Å². The van der Waals surface area contributed by atoms with Gasteiger partial charge in [-0.05, 0) is 38.6 Å². The maximum absolute atomic E-state index is 8.99. The van der Waals surface area contributed by atoms with E-state index in [-0.39, 0.29) is 12.6 Å². The molecule has 4 heteroatoms. The molecule has 0 saturated carbocycles. The number of likely N-dealkylation sites (N-methyl/N-ethyl adjacent to an activating group) is 1. The molecule has 1 unspecified atom stereocenters. The van der Waals surface area contributed by atoms with Crippen LogP contribution in [0, 0.1) is 11.3 Å².